The van der Waals surface area contributed by atoms with Gasteiger partial charge in [0.2, 0.25) is 0 Å². The van der Waals surface area contributed by atoms with E-state index in [2.05, 4.69) is 35.9 Å². The van der Waals surface area contributed by atoms with Crippen LogP contribution in [-0.4, -0.2) is 29.0 Å². The molecule has 3 heterocycles. The Bertz CT molecular complexity index is 762. The number of halogens is 1. The van der Waals surface area contributed by atoms with Crippen molar-refractivity contribution in [3.05, 3.63) is 47.9 Å². The van der Waals surface area contributed by atoms with Crippen LogP contribution in [0.2, 0.25) is 0 Å². The Balaban J connectivity index is 1.51. The van der Waals surface area contributed by atoms with E-state index in [1.54, 1.807) is 6.07 Å². The average Bonchev–Trinajstić information content (AvgIpc) is 2.95. The Morgan fingerprint density at radius 2 is 2.21 bits per heavy atom. The normalized spacial score (nSPS) is 29.6. The van der Waals surface area contributed by atoms with Crippen LogP contribution in [0.3, 0.4) is 0 Å². The number of nitrogens with one attached hydrogen (secondary N) is 1. The van der Waals surface area contributed by atoms with Crippen molar-refractivity contribution in [2.24, 2.45) is 11.3 Å². The van der Waals surface area contributed by atoms with Crippen LogP contribution in [0, 0.1) is 17.2 Å². The lowest BCUT2D eigenvalue weighted by molar-refractivity contribution is 0.0131. The molecule has 24 heavy (non-hydrogen) atoms. The zero-order valence-corrected chi connectivity index (χ0v) is 14.7. The topological polar surface area (TPSA) is 19.0 Å². The van der Waals surface area contributed by atoms with Crippen LogP contribution in [0.4, 0.5) is 4.39 Å². The van der Waals surface area contributed by atoms with Gasteiger partial charge in [0, 0.05) is 36.2 Å². The first-order valence-electron chi connectivity index (χ1n) is 9.27. The third-order valence-corrected chi connectivity index (χ3v) is 6.09. The minimum atomic E-state index is -0.154. The van der Waals surface area contributed by atoms with Crippen LogP contribution in [0.1, 0.15) is 38.7 Å². The molecule has 3 unspecified atom stereocenters. The standard InChI is InChI=1S/C21H27FN2/c1-3-9-21(2)12-15-4-7-20(21)24(14-15)10-8-16-13-23-19-6-5-17(22)11-18(16)19/h4-7,11,13,15,20,23H,3,8-10,12,14H2,1-2H3. The van der Waals surface area contributed by atoms with Gasteiger partial charge in [-0.15, -0.1) is 0 Å². The average molecular weight is 326 g/mol. The summed E-state index contributed by atoms with van der Waals surface area (Å²) in [6, 6.07) is 5.57. The molecule has 2 bridgehead atoms. The quantitative estimate of drug-likeness (QED) is 0.773. The predicted octanol–water partition coefficient (Wildman–Crippen LogP) is 4.92. The van der Waals surface area contributed by atoms with E-state index in [0.717, 1.165) is 23.9 Å². The molecule has 1 fully saturated rings. The molecule has 1 aromatic carbocycles. The number of aromatic amines is 1. The largest absolute Gasteiger partial charge is 0.361 e. The van der Waals surface area contributed by atoms with E-state index in [1.165, 1.54) is 37.4 Å². The highest BCUT2D eigenvalue weighted by Gasteiger charge is 2.44. The molecule has 1 N–H and O–H groups in total. The summed E-state index contributed by atoms with van der Waals surface area (Å²) >= 11 is 0. The lowest BCUT2D eigenvalue weighted by atomic mass is 9.65. The fourth-order valence-electron chi connectivity index (χ4n) is 5.06. The molecule has 3 aliphatic rings. The zero-order chi connectivity index (χ0) is 16.7. The predicted molar refractivity (Wildman–Crippen MR) is 97.6 cm³/mol. The molecule has 3 heteroatoms. The summed E-state index contributed by atoms with van der Waals surface area (Å²) in [7, 11) is 0. The van der Waals surface area contributed by atoms with Crippen LogP contribution in [0.25, 0.3) is 10.9 Å². The van der Waals surface area contributed by atoms with Crippen molar-refractivity contribution in [1.29, 1.82) is 0 Å². The van der Waals surface area contributed by atoms with E-state index < -0.39 is 0 Å². The van der Waals surface area contributed by atoms with Crippen LogP contribution >= 0.6 is 0 Å². The maximum Gasteiger partial charge on any atom is 0.123 e. The molecular formula is C21H27FN2. The van der Waals surface area contributed by atoms with E-state index in [-0.39, 0.29) is 5.82 Å². The number of fused-ring (bicyclic) bond motifs is 3. The summed E-state index contributed by atoms with van der Waals surface area (Å²) in [4.78, 5) is 5.93. The highest BCUT2D eigenvalue weighted by molar-refractivity contribution is 5.83. The molecule has 5 rings (SSSR count). The van der Waals surface area contributed by atoms with Crippen molar-refractivity contribution in [2.45, 2.75) is 45.6 Å². The lowest BCUT2D eigenvalue weighted by Gasteiger charge is -2.53. The fourth-order valence-corrected chi connectivity index (χ4v) is 5.06. The molecule has 0 radical (unpaired) electrons. The van der Waals surface area contributed by atoms with Gasteiger partial charge in [0.1, 0.15) is 5.82 Å². The van der Waals surface area contributed by atoms with Crippen molar-refractivity contribution in [1.82, 2.24) is 9.88 Å². The van der Waals surface area contributed by atoms with Gasteiger partial charge in [-0.2, -0.15) is 0 Å². The number of piperidine rings is 1. The second-order valence-corrected chi connectivity index (χ2v) is 7.95. The molecule has 2 nitrogen and oxygen atoms in total. The molecule has 1 aromatic heterocycles. The Labute approximate surface area is 143 Å². The molecule has 1 saturated heterocycles. The van der Waals surface area contributed by atoms with Gasteiger partial charge in [-0.05, 0) is 54.4 Å². The molecule has 0 spiro atoms. The smallest absolute Gasteiger partial charge is 0.123 e. The molecule has 0 saturated carbocycles. The van der Waals surface area contributed by atoms with Gasteiger partial charge >= 0.3 is 0 Å². The Kier molecular flexibility index (Phi) is 4.00. The number of benzene rings is 1. The van der Waals surface area contributed by atoms with Gasteiger partial charge in [0.25, 0.3) is 0 Å². The van der Waals surface area contributed by atoms with Gasteiger partial charge in [-0.25, -0.2) is 4.39 Å². The number of hydrogen-bond donors (Lipinski definition) is 1. The molecule has 2 aliphatic heterocycles. The maximum atomic E-state index is 13.6. The number of rotatable bonds is 5. The molecule has 128 valence electrons. The Morgan fingerprint density at radius 1 is 1.33 bits per heavy atom. The second kappa shape index (κ2) is 6.03. The molecule has 0 amide bonds. The summed E-state index contributed by atoms with van der Waals surface area (Å²) in [5, 5.41) is 1.03. The van der Waals surface area contributed by atoms with Gasteiger partial charge in [0.05, 0.1) is 0 Å². The molecule has 3 atom stereocenters. The molecule has 2 aromatic rings. The van der Waals surface area contributed by atoms with Crippen molar-refractivity contribution in [3.8, 4) is 0 Å². The van der Waals surface area contributed by atoms with E-state index in [0.29, 0.717) is 17.4 Å². The first kappa shape index (κ1) is 15.9. The fraction of sp³-hybridized carbons (Fsp3) is 0.524. The molecule has 1 aliphatic carbocycles. The van der Waals surface area contributed by atoms with Crippen molar-refractivity contribution in [3.63, 3.8) is 0 Å². The summed E-state index contributed by atoms with van der Waals surface area (Å²) in [6.07, 6.45) is 11.8. The van der Waals surface area contributed by atoms with Gasteiger partial charge in [-0.1, -0.05) is 32.4 Å². The van der Waals surface area contributed by atoms with Crippen molar-refractivity contribution in [2.75, 3.05) is 13.1 Å². The third-order valence-electron chi connectivity index (χ3n) is 6.09. The highest BCUT2D eigenvalue weighted by Crippen LogP contribution is 2.46. The first-order chi connectivity index (χ1) is 11.6. The minimum Gasteiger partial charge on any atom is -0.361 e. The number of H-pyrrole nitrogens is 1. The Hall–Kier alpha value is -1.61. The lowest BCUT2D eigenvalue weighted by Crippen LogP contribution is -2.55. The van der Waals surface area contributed by atoms with Crippen LogP contribution in [-0.2, 0) is 6.42 Å². The summed E-state index contributed by atoms with van der Waals surface area (Å²) in [5.74, 6) is 0.547. The number of hydrogen-bond acceptors (Lipinski definition) is 1. The first-order valence-corrected chi connectivity index (χ1v) is 9.27. The monoisotopic (exact) mass is 326 g/mol. The van der Waals surface area contributed by atoms with Gasteiger partial charge in [0.15, 0.2) is 0 Å². The number of aromatic nitrogens is 1. The van der Waals surface area contributed by atoms with E-state index >= 15 is 0 Å². The van der Waals surface area contributed by atoms with E-state index in [1.807, 2.05) is 12.3 Å². The maximum absolute atomic E-state index is 13.6. The summed E-state index contributed by atoms with van der Waals surface area (Å²) in [6.45, 7) is 6.98. The van der Waals surface area contributed by atoms with E-state index in [9.17, 15) is 4.39 Å². The third kappa shape index (κ3) is 2.69. The minimum absolute atomic E-state index is 0.154. The van der Waals surface area contributed by atoms with E-state index in [4.69, 9.17) is 0 Å². The van der Waals surface area contributed by atoms with Crippen molar-refractivity contribution >= 4 is 10.9 Å². The summed E-state index contributed by atoms with van der Waals surface area (Å²) in [5.41, 5.74) is 2.67. The molecular weight excluding hydrogens is 299 g/mol. The SMILES string of the molecule is CCCC1(C)CC2C=CC1N(CCc1c[nH]c3ccc(F)cc13)C2. The van der Waals surface area contributed by atoms with Crippen LogP contribution in [0.5, 0.6) is 0 Å². The van der Waals surface area contributed by atoms with Gasteiger partial charge in [-0.3, -0.25) is 4.90 Å². The Morgan fingerprint density at radius 3 is 3.00 bits per heavy atom. The van der Waals surface area contributed by atoms with Gasteiger partial charge < -0.3 is 4.98 Å². The second-order valence-electron chi connectivity index (χ2n) is 7.95. The number of nitrogens with zero attached hydrogens (tertiary/aromatic N) is 1. The van der Waals surface area contributed by atoms with Crippen LogP contribution < -0.4 is 0 Å². The zero-order valence-electron chi connectivity index (χ0n) is 14.7. The highest BCUT2D eigenvalue weighted by atomic mass is 19.1. The van der Waals surface area contributed by atoms with Crippen molar-refractivity contribution < 1.29 is 4.39 Å². The summed E-state index contributed by atoms with van der Waals surface area (Å²) < 4.78 is 13.6. The van der Waals surface area contributed by atoms with Crippen LogP contribution in [0.15, 0.2) is 36.5 Å².